The van der Waals surface area contributed by atoms with Crippen LogP contribution in [0.1, 0.15) is 19.3 Å². The Kier molecular flexibility index (Phi) is 2.45. The van der Waals surface area contributed by atoms with Crippen molar-refractivity contribution < 1.29 is 0 Å². The lowest BCUT2D eigenvalue weighted by atomic mass is 9.84. The zero-order valence-electron chi connectivity index (χ0n) is 7.37. The van der Waals surface area contributed by atoms with Gasteiger partial charge in [-0.3, -0.25) is 4.99 Å². The van der Waals surface area contributed by atoms with Gasteiger partial charge in [0, 0.05) is 19.3 Å². The summed E-state index contributed by atoms with van der Waals surface area (Å²) in [6, 6.07) is 0. The molecule has 0 aliphatic carbocycles. The van der Waals surface area contributed by atoms with E-state index in [-0.39, 0.29) is 0 Å². The molecule has 2 unspecified atom stereocenters. The lowest BCUT2D eigenvalue weighted by Crippen LogP contribution is -2.30. The second kappa shape index (κ2) is 3.74. The molecule has 0 saturated carbocycles. The first-order valence-corrected chi connectivity index (χ1v) is 4.85. The van der Waals surface area contributed by atoms with Crippen molar-refractivity contribution in [2.75, 3.05) is 13.1 Å². The summed E-state index contributed by atoms with van der Waals surface area (Å²) < 4.78 is 0. The summed E-state index contributed by atoms with van der Waals surface area (Å²) in [7, 11) is 0. The van der Waals surface area contributed by atoms with Gasteiger partial charge in [-0.25, -0.2) is 0 Å². The molecule has 2 heteroatoms. The number of rotatable bonds is 1. The first-order valence-electron chi connectivity index (χ1n) is 4.85. The maximum Gasteiger partial charge on any atom is 0.0385 e. The Hall–Kier alpha value is -0.790. The number of hydrogen-bond acceptors (Lipinski definition) is 2. The molecule has 2 aliphatic heterocycles. The smallest absolute Gasteiger partial charge is 0.0385 e. The summed E-state index contributed by atoms with van der Waals surface area (Å²) in [5, 5.41) is 3.29. The highest BCUT2D eigenvalue weighted by atomic mass is 14.8. The Labute approximate surface area is 73.8 Å². The predicted octanol–water partition coefficient (Wildman–Crippen LogP) is 1.59. The molecule has 12 heavy (non-hydrogen) atoms. The lowest BCUT2D eigenvalue weighted by molar-refractivity contribution is 0.371. The van der Waals surface area contributed by atoms with Crippen LogP contribution in [0.3, 0.4) is 0 Å². The monoisotopic (exact) mass is 164 g/mol. The lowest BCUT2D eigenvalue weighted by Gasteiger charge is -2.27. The maximum atomic E-state index is 4.36. The second-order valence-corrected chi connectivity index (χ2v) is 3.67. The Bertz CT molecular complexity index is 196. The first kappa shape index (κ1) is 7.84. The molecule has 2 heterocycles. The summed E-state index contributed by atoms with van der Waals surface area (Å²) in [5.74, 6) is 1.52. The van der Waals surface area contributed by atoms with E-state index in [4.69, 9.17) is 0 Å². The Morgan fingerprint density at radius 2 is 2.42 bits per heavy atom. The van der Waals surface area contributed by atoms with Gasteiger partial charge in [-0.05, 0) is 37.3 Å². The van der Waals surface area contributed by atoms with Gasteiger partial charge in [-0.15, -0.1) is 0 Å². The van der Waals surface area contributed by atoms with Crippen molar-refractivity contribution in [1.29, 1.82) is 0 Å². The van der Waals surface area contributed by atoms with Crippen molar-refractivity contribution in [1.82, 2.24) is 5.32 Å². The topological polar surface area (TPSA) is 24.4 Å². The predicted molar refractivity (Wildman–Crippen MR) is 51.3 cm³/mol. The highest BCUT2D eigenvalue weighted by molar-refractivity contribution is 5.62. The van der Waals surface area contributed by atoms with Crippen LogP contribution >= 0.6 is 0 Å². The van der Waals surface area contributed by atoms with E-state index in [0.29, 0.717) is 0 Å². The number of hydrogen-bond donors (Lipinski definition) is 1. The largest absolute Gasteiger partial charge is 0.391 e. The molecule has 0 bridgehead atoms. The fraction of sp³-hybridized carbons (Fsp3) is 0.700. The first-order chi connectivity index (χ1) is 5.97. The summed E-state index contributed by atoms with van der Waals surface area (Å²) >= 11 is 0. The summed E-state index contributed by atoms with van der Waals surface area (Å²) in [5.41, 5.74) is 0. The average Bonchev–Trinajstić information content (AvgIpc) is 2.21. The summed E-state index contributed by atoms with van der Waals surface area (Å²) in [6.07, 6.45) is 10.3. The zero-order valence-corrected chi connectivity index (χ0v) is 7.37. The van der Waals surface area contributed by atoms with Crippen molar-refractivity contribution >= 4 is 6.21 Å². The fourth-order valence-electron chi connectivity index (χ4n) is 2.02. The highest BCUT2D eigenvalue weighted by Crippen LogP contribution is 2.23. The zero-order chi connectivity index (χ0) is 8.23. The Morgan fingerprint density at radius 3 is 3.08 bits per heavy atom. The van der Waals surface area contributed by atoms with Crippen molar-refractivity contribution in [2.24, 2.45) is 16.8 Å². The number of nitrogens with one attached hydrogen (secondary N) is 1. The third-order valence-corrected chi connectivity index (χ3v) is 2.78. The van der Waals surface area contributed by atoms with Crippen LogP contribution in [0, 0.1) is 11.8 Å². The molecule has 0 fully saturated rings. The molecule has 0 aromatic rings. The minimum atomic E-state index is 0.733. The molecule has 2 nitrogen and oxygen atoms in total. The van der Waals surface area contributed by atoms with E-state index in [1.54, 1.807) is 0 Å². The van der Waals surface area contributed by atoms with Crippen LogP contribution in [0.25, 0.3) is 0 Å². The standard InChI is InChI=1S/C10H16N2/c1-3-9(7-11-5-1)10-4-2-6-12-8-10/h1,5,8-11H,2-4,6-7H2. The van der Waals surface area contributed by atoms with Crippen molar-refractivity contribution in [3.8, 4) is 0 Å². The summed E-state index contributed by atoms with van der Waals surface area (Å²) in [6.45, 7) is 2.18. The van der Waals surface area contributed by atoms with Crippen LogP contribution in [0.15, 0.2) is 17.3 Å². The van der Waals surface area contributed by atoms with Gasteiger partial charge >= 0.3 is 0 Å². The van der Waals surface area contributed by atoms with Crippen LogP contribution in [-0.2, 0) is 0 Å². The van der Waals surface area contributed by atoms with E-state index in [9.17, 15) is 0 Å². The summed E-state index contributed by atoms with van der Waals surface area (Å²) in [4.78, 5) is 4.36. The normalized spacial score (nSPS) is 34.7. The van der Waals surface area contributed by atoms with E-state index in [2.05, 4.69) is 28.8 Å². The Morgan fingerprint density at radius 1 is 1.42 bits per heavy atom. The van der Waals surface area contributed by atoms with Gasteiger partial charge in [0.2, 0.25) is 0 Å². The van der Waals surface area contributed by atoms with E-state index in [1.807, 2.05) is 0 Å². The van der Waals surface area contributed by atoms with E-state index in [1.165, 1.54) is 19.3 Å². The van der Waals surface area contributed by atoms with E-state index in [0.717, 1.165) is 24.9 Å². The molecule has 1 N–H and O–H groups in total. The van der Waals surface area contributed by atoms with Gasteiger partial charge < -0.3 is 5.32 Å². The average molecular weight is 164 g/mol. The molecule has 0 amide bonds. The van der Waals surface area contributed by atoms with Gasteiger partial charge in [0.05, 0.1) is 0 Å². The van der Waals surface area contributed by atoms with Gasteiger partial charge in [0.25, 0.3) is 0 Å². The quantitative estimate of drug-likeness (QED) is 0.625. The highest BCUT2D eigenvalue weighted by Gasteiger charge is 2.21. The molecule has 0 saturated heterocycles. The van der Waals surface area contributed by atoms with Gasteiger partial charge in [-0.1, -0.05) is 6.08 Å². The number of allylic oxidation sites excluding steroid dienone is 1. The molecule has 66 valence electrons. The molecule has 0 radical (unpaired) electrons. The van der Waals surface area contributed by atoms with E-state index < -0.39 is 0 Å². The number of aliphatic imine (C=N–C) groups is 1. The van der Waals surface area contributed by atoms with Crippen molar-refractivity contribution in [3.05, 3.63) is 12.3 Å². The maximum absolute atomic E-state index is 4.36. The van der Waals surface area contributed by atoms with Crippen LogP contribution in [-0.4, -0.2) is 19.3 Å². The molecular weight excluding hydrogens is 148 g/mol. The molecule has 2 atom stereocenters. The molecule has 0 aromatic heterocycles. The van der Waals surface area contributed by atoms with Crippen LogP contribution in [0.2, 0.25) is 0 Å². The SMILES string of the molecule is C1=CNCC(C2C=NCCC2)C1. The minimum Gasteiger partial charge on any atom is -0.391 e. The molecular formula is C10H16N2. The van der Waals surface area contributed by atoms with Crippen LogP contribution < -0.4 is 5.32 Å². The van der Waals surface area contributed by atoms with Crippen LogP contribution in [0.4, 0.5) is 0 Å². The molecule has 0 spiro atoms. The van der Waals surface area contributed by atoms with Crippen molar-refractivity contribution in [2.45, 2.75) is 19.3 Å². The third kappa shape index (κ3) is 1.68. The molecule has 0 aromatic carbocycles. The van der Waals surface area contributed by atoms with Gasteiger partial charge in [0.1, 0.15) is 0 Å². The molecule has 2 rings (SSSR count). The van der Waals surface area contributed by atoms with Crippen LogP contribution in [0.5, 0.6) is 0 Å². The van der Waals surface area contributed by atoms with E-state index >= 15 is 0 Å². The molecule has 2 aliphatic rings. The number of nitrogens with zero attached hydrogens (tertiary/aromatic N) is 1. The fourth-order valence-corrected chi connectivity index (χ4v) is 2.02. The van der Waals surface area contributed by atoms with Gasteiger partial charge in [-0.2, -0.15) is 0 Å². The van der Waals surface area contributed by atoms with Crippen molar-refractivity contribution in [3.63, 3.8) is 0 Å². The van der Waals surface area contributed by atoms with Gasteiger partial charge in [0.15, 0.2) is 0 Å². The second-order valence-electron chi connectivity index (χ2n) is 3.67. The Balaban J connectivity index is 1.94. The third-order valence-electron chi connectivity index (χ3n) is 2.78. The minimum absolute atomic E-state index is 0.733.